The molecule has 6 aromatic rings. The molecule has 9 nitrogen and oxygen atoms in total. The van der Waals surface area contributed by atoms with Gasteiger partial charge in [0.2, 0.25) is 0 Å². The molecule has 6 rings (SSSR count). The fourth-order valence-electron chi connectivity index (χ4n) is 3.93. The third-order valence-corrected chi connectivity index (χ3v) is 6.56. The molecule has 0 bridgehead atoms. The van der Waals surface area contributed by atoms with Crippen LogP contribution in [0.1, 0.15) is 9.67 Å². The van der Waals surface area contributed by atoms with Crippen LogP contribution in [0.4, 0.5) is 0 Å². The zero-order valence-electron chi connectivity index (χ0n) is 17.4. The molecule has 0 fully saturated rings. The number of aromatic nitrogens is 5. The fourth-order valence-corrected chi connectivity index (χ4v) is 4.85. The number of benzene rings is 2. The van der Waals surface area contributed by atoms with E-state index < -0.39 is 11.7 Å². The number of H-pyrrole nitrogens is 1. The van der Waals surface area contributed by atoms with E-state index in [1.165, 1.54) is 11.3 Å². The average molecular weight is 469 g/mol. The highest BCUT2D eigenvalue weighted by Crippen LogP contribution is 2.37. The topological polar surface area (TPSA) is 119 Å². The number of carboxylic acids is 1. The average Bonchev–Trinajstić information content (AvgIpc) is 3.63. The number of hydrogen-bond acceptors (Lipinski definition) is 6. The van der Waals surface area contributed by atoms with Gasteiger partial charge in [0.1, 0.15) is 4.88 Å². The summed E-state index contributed by atoms with van der Waals surface area (Å²) in [5.41, 5.74) is 5.24. The van der Waals surface area contributed by atoms with E-state index in [0.717, 1.165) is 32.8 Å². The highest BCUT2D eigenvalue weighted by molar-refractivity contribution is 7.20. The van der Waals surface area contributed by atoms with Crippen LogP contribution in [-0.2, 0) is 0 Å². The second-order valence-electron chi connectivity index (χ2n) is 7.54. The van der Waals surface area contributed by atoms with Crippen molar-refractivity contribution in [1.82, 2.24) is 24.3 Å². The first-order valence-corrected chi connectivity index (χ1v) is 11.0. The van der Waals surface area contributed by atoms with Crippen molar-refractivity contribution in [3.05, 3.63) is 94.8 Å². The van der Waals surface area contributed by atoms with Crippen molar-refractivity contribution >= 4 is 27.5 Å². The van der Waals surface area contributed by atoms with Gasteiger partial charge in [0.15, 0.2) is 5.82 Å². The Bertz CT molecular complexity index is 1690. The maximum Gasteiger partial charge on any atom is 0.439 e. The molecule has 0 aliphatic rings. The van der Waals surface area contributed by atoms with Crippen LogP contribution in [0, 0.1) is 0 Å². The molecule has 0 amide bonds. The molecule has 0 saturated carbocycles. The SMILES string of the molecule is O=C(O)c1cc2c(cc(-c3ccc(-n4ccnc4)cc3)n2-c2ccc(-c3noc(=O)[nH]3)cc2)s1. The van der Waals surface area contributed by atoms with Crippen LogP contribution in [0.15, 0.2) is 88.7 Å². The number of imidazole rings is 1. The fraction of sp³-hybridized carbons (Fsp3) is 0. The molecule has 0 spiro atoms. The lowest BCUT2D eigenvalue weighted by molar-refractivity contribution is 0.0702. The van der Waals surface area contributed by atoms with Crippen molar-refractivity contribution in [3.63, 3.8) is 0 Å². The molecular formula is C24H15N5O4S. The summed E-state index contributed by atoms with van der Waals surface area (Å²) in [7, 11) is 0. The molecule has 0 aliphatic heterocycles. The predicted octanol–water partition coefficient (Wildman–Crippen LogP) is 4.59. The molecule has 0 radical (unpaired) electrons. The summed E-state index contributed by atoms with van der Waals surface area (Å²) in [6.07, 6.45) is 5.35. The monoisotopic (exact) mass is 469 g/mol. The molecule has 10 heteroatoms. The first kappa shape index (κ1) is 19.9. The van der Waals surface area contributed by atoms with E-state index >= 15 is 0 Å². The van der Waals surface area contributed by atoms with Crippen molar-refractivity contribution in [2.75, 3.05) is 0 Å². The Morgan fingerprint density at radius 3 is 2.38 bits per heavy atom. The Kier molecular flexibility index (Phi) is 4.52. The maximum atomic E-state index is 11.6. The Morgan fingerprint density at radius 2 is 1.74 bits per heavy atom. The zero-order valence-corrected chi connectivity index (χ0v) is 18.2. The number of fused-ring (bicyclic) bond motifs is 1. The molecule has 0 unspecified atom stereocenters. The maximum absolute atomic E-state index is 11.6. The number of carbonyl (C=O) groups is 1. The number of nitrogens with zero attached hydrogens (tertiary/aromatic N) is 4. The van der Waals surface area contributed by atoms with Gasteiger partial charge in [0.25, 0.3) is 0 Å². The third kappa shape index (κ3) is 3.33. The number of rotatable bonds is 5. The minimum atomic E-state index is -0.954. The van der Waals surface area contributed by atoms with Crippen LogP contribution in [-0.4, -0.2) is 35.3 Å². The van der Waals surface area contributed by atoms with E-state index in [9.17, 15) is 14.7 Å². The third-order valence-electron chi connectivity index (χ3n) is 5.51. The second kappa shape index (κ2) is 7.71. The Balaban J connectivity index is 1.48. The number of thiophene rings is 1. The molecule has 0 saturated heterocycles. The lowest BCUT2D eigenvalue weighted by Gasteiger charge is -2.12. The van der Waals surface area contributed by atoms with Crippen molar-refractivity contribution in [2.45, 2.75) is 0 Å². The summed E-state index contributed by atoms with van der Waals surface area (Å²) in [6, 6.07) is 19.2. The summed E-state index contributed by atoms with van der Waals surface area (Å²) in [5, 5.41) is 13.2. The normalized spacial score (nSPS) is 11.3. The summed E-state index contributed by atoms with van der Waals surface area (Å²) in [4.78, 5) is 29.8. The van der Waals surface area contributed by atoms with Crippen molar-refractivity contribution < 1.29 is 14.4 Å². The van der Waals surface area contributed by atoms with Gasteiger partial charge < -0.3 is 14.2 Å². The molecular weight excluding hydrogens is 454 g/mol. The smallest absolute Gasteiger partial charge is 0.439 e. The van der Waals surface area contributed by atoms with Gasteiger partial charge in [-0.2, -0.15) is 0 Å². The van der Waals surface area contributed by atoms with Gasteiger partial charge in [-0.15, -0.1) is 11.3 Å². The van der Waals surface area contributed by atoms with Gasteiger partial charge in [0.05, 0.1) is 22.2 Å². The molecule has 2 N–H and O–H groups in total. The van der Waals surface area contributed by atoms with E-state index in [2.05, 4.69) is 19.6 Å². The van der Waals surface area contributed by atoms with E-state index in [1.807, 2.05) is 69.9 Å². The second-order valence-corrected chi connectivity index (χ2v) is 8.62. The first-order valence-electron chi connectivity index (χ1n) is 10.2. The van der Waals surface area contributed by atoms with E-state index in [-0.39, 0.29) is 4.88 Å². The minimum absolute atomic E-state index is 0.276. The Labute approximate surface area is 195 Å². The van der Waals surface area contributed by atoms with Crippen molar-refractivity contribution in [2.24, 2.45) is 0 Å². The van der Waals surface area contributed by atoms with Crippen LogP contribution in [0.25, 0.3) is 44.2 Å². The Hall–Kier alpha value is -4.70. The molecule has 4 heterocycles. The molecule has 0 aliphatic carbocycles. The predicted molar refractivity (Wildman–Crippen MR) is 127 cm³/mol. The van der Waals surface area contributed by atoms with E-state index in [4.69, 9.17) is 0 Å². The van der Waals surface area contributed by atoms with Crippen LogP contribution in [0.5, 0.6) is 0 Å². The van der Waals surface area contributed by atoms with Crippen LogP contribution in [0.3, 0.4) is 0 Å². The quantitative estimate of drug-likeness (QED) is 0.381. The highest BCUT2D eigenvalue weighted by atomic mass is 32.1. The number of aromatic amines is 1. The summed E-state index contributed by atoms with van der Waals surface area (Å²) in [5.74, 6) is -1.23. The van der Waals surface area contributed by atoms with E-state index in [0.29, 0.717) is 11.4 Å². The number of aromatic carboxylic acids is 1. The van der Waals surface area contributed by atoms with Gasteiger partial charge in [-0.05, 0) is 54.1 Å². The number of hydrogen-bond donors (Lipinski definition) is 2. The lowest BCUT2D eigenvalue weighted by atomic mass is 10.1. The zero-order chi connectivity index (χ0) is 23.2. The van der Waals surface area contributed by atoms with Gasteiger partial charge in [-0.3, -0.25) is 9.51 Å². The highest BCUT2D eigenvalue weighted by Gasteiger charge is 2.18. The molecule has 4 aromatic heterocycles. The molecule has 166 valence electrons. The largest absolute Gasteiger partial charge is 0.477 e. The van der Waals surface area contributed by atoms with Gasteiger partial charge >= 0.3 is 11.7 Å². The number of nitrogens with one attached hydrogen (secondary N) is 1. The lowest BCUT2D eigenvalue weighted by Crippen LogP contribution is -1.98. The van der Waals surface area contributed by atoms with E-state index in [1.54, 1.807) is 18.6 Å². The standard InChI is InChI=1S/C24H15N5O4S/c30-23(31)21-12-19-20(34-21)11-18(14-1-5-16(6-2-14)28-10-9-25-13-28)29(19)17-7-3-15(4-8-17)22-26-24(32)33-27-22/h1-13H,(H,30,31)(H,26,27,32). The van der Waals surface area contributed by atoms with Gasteiger partial charge in [-0.25, -0.2) is 14.6 Å². The Morgan fingerprint density at radius 1 is 1.00 bits per heavy atom. The van der Waals surface area contributed by atoms with Crippen molar-refractivity contribution in [3.8, 4) is 34.0 Å². The summed E-state index contributed by atoms with van der Waals surface area (Å²) >= 11 is 1.24. The molecule has 34 heavy (non-hydrogen) atoms. The summed E-state index contributed by atoms with van der Waals surface area (Å²) in [6.45, 7) is 0. The van der Waals surface area contributed by atoms with Gasteiger partial charge in [-0.1, -0.05) is 17.3 Å². The first-order chi connectivity index (χ1) is 16.6. The number of carboxylic acid groups (broad SMARTS) is 1. The van der Waals surface area contributed by atoms with Crippen molar-refractivity contribution in [1.29, 1.82) is 0 Å². The molecule has 2 aromatic carbocycles. The summed E-state index contributed by atoms with van der Waals surface area (Å²) < 4.78 is 9.41. The van der Waals surface area contributed by atoms with Crippen LogP contribution in [0.2, 0.25) is 0 Å². The van der Waals surface area contributed by atoms with Gasteiger partial charge in [0, 0.05) is 29.3 Å². The molecule has 0 atom stereocenters. The van der Waals surface area contributed by atoms with Crippen LogP contribution >= 0.6 is 11.3 Å². The minimum Gasteiger partial charge on any atom is -0.477 e. The van der Waals surface area contributed by atoms with Crippen LogP contribution < -0.4 is 5.76 Å².